The molecular formula is C18H15F3N4O2S. The first-order valence-corrected chi connectivity index (χ1v) is 9.75. The number of aromatic nitrogens is 1. The molecule has 0 saturated heterocycles. The second-order valence-electron chi connectivity index (χ2n) is 6.59. The minimum atomic E-state index is -4.66. The zero-order valence-electron chi connectivity index (χ0n) is 14.3. The van der Waals surface area contributed by atoms with E-state index in [4.69, 9.17) is 11.1 Å². The normalized spacial score (nSPS) is 22.2. The summed E-state index contributed by atoms with van der Waals surface area (Å²) in [6.45, 7) is 0. The van der Waals surface area contributed by atoms with Crippen LogP contribution in [0.2, 0.25) is 0 Å². The van der Waals surface area contributed by atoms with Crippen LogP contribution < -0.4 is 5.73 Å². The molecular weight excluding hydrogens is 393 g/mol. The average Bonchev–Trinajstić information content (AvgIpc) is 2.91. The standard InChI is InChI=1S/C18H15F3N4O2S/c19-18(20,21)16-6-5-10(9-24-16)28(26,27)25-15-7-14(23)13(8-22)17(25)12-4-2-1-3-11(12)15/h1-6,8-9,15,17,22H,7,23H2. The van der Waals surface area contributed by atoms with Gasteiger partial charge in [-0.25, -0.2) is 8.42 Å². The van der Waals surface area contributed by atoms with Crippen LogP contribution in [0.3, 0.4) is 0 Å². The van der Waals surface area contributed by atoms with Gasteiger partial charge in [-0.15, -0.1) is 0 Å². The third-order valence-electron chi connectivity index (χ3n) is 5.05. The molecule has 2 bridgehead atoms. The van der Waals surface area contributed by atoms with Crippen LogP contribution >= 0.6 is 0 Å². The molecule has 2 aliphatic rings. The van der Waals surface area contributed by atoms with Gasteiger partial charge in [0, 0.05) is 30.1 Å². The molecule has 6 nitrogen and oxygen atoms in total. The van der Waals surface area contributed by atoms with Crippen LogP contribution in [-0.4, -0.2) is 23.9 Å². The fourth-order valence-electron chi connectivity index (χ4n) is 3.82. The van der Waals surface area contributed by atoms with E-state index in [0.717, 1.165) is 23.4 Å². The highest BCUT2D eigenvalue weighted by Gasteiger charge is 2.50. The Bertz CT molecular complexity index is 1090. The minimum absolute atomic E-state index is 0.200. The molecule has 0 radical (unpaired) electrons. The third kappa shape index (κ3) is 2.63. The molecule has 1 aromatic heterocycles. The van der Waals surface area contributed by atoms with Crippen molar-refractivity contribution >= 4 is 16.2 Å². The number of pyridine rings is 1. The summed E-state index contributed by atoms with van der Waals surface area (Å²) in [6.07, 6.45) is -2.71. The number of alkyl halides is 3. The molecule has 1 aromatic carbocycles. The van der Waals surface area contributed by atoms with Gasteiger partial charge in [0.1, 0.15) is 10.6 Å². The highest BCUT2D eigenvalue weighted by Crippen LogP contribution is 2.53. The van der Waals surface area contributed by atoms with Gasteiger partial charge < -0.3 is 11.1 Å². The number of nitrogens with zero attached hydrogens (tertiary/aromatic N) is 2. The van der Waals surface area contributed by atoms with Gasteiger partial charge in [-0.3, -0.25) is 4.98 Å². The number of rotatable bonds is 3. The molecule has 2 aliphatic heterocycles. The lowest BCUT2D eigenvalue weighted by molar-refractivity contribution is -0.141. The van der Waals surface area contributed by atoms with Gasteiger partial charge in [0.15, 0.2) is 0 Å². The molecule has 0 spiro atoms. The number of nitrogens with one attached hydrogen (secondary N) is 1. The summed E-state index contributed by atoms with van der Waals surface area (Å²) in [6, 6.07) is 7.29. The minimum Gasteiger partial charge on any atom is -0.402 e. The number of hydrogen-bond acceptors (Lipinski definition) is 5. The van der Waals surface area contributed by atoms with Gasteiger partial charge in [-0.05, 0) is 23.3 Å². The lowest BCUT2D eigenvalue weighted by atomic mass is 9.99. The van der Waals surface area contributed by atoms with Crippen molar-refractivity contribution < 1.29 is 21.6 Å². The van der Waals surface area contributed by atoms with Crippen molar-refractivity contribution in [3.05, 3.63) is 70.7 Å². The first-order valence-electron chi connectivity index (χ1n) is 8.31. The van der Waals surface area contributed by atoms with Crippen molar-refractivity contribution in [3.8, 4) is 0 Å². The Morgan fingerprint density at radius 1 is 1.18 bits per heavy atom. The average molecular weight is 408 g/mol. The van der Waals surface area contributed by atoms with E-state index in [1.54, 1.807) is 24.3 Å². The molecule has 3 heterocycles. The molecule has 0 saturated carbocycles. The predicted octanol–water partition coefficient (Wildman–Crippen LogP) is 3.15. The van der Waals surface area contributed by atoms with Crippen LogP contribution in [0.5, 0.6) is 0 Å². The van der Waals surface area contributed by atoms with E-state index < -0.39 is 34.0 Å². The van der Waals surface area contributed by atoms with E-state index in [2.05, 4.69) is 4.98 Å². The third-order valence-corrected chi connectivity index (χ3v) is 6.91. The molecule has 10 heteroatoms. The van der Waals surface area contributed by atoms with Crippen molar-refractivity contribution in [3.63, 3.8) is 0 Å². The van der Waals surface area contributed by atoms with Gasteiger partial charge in [-0.1, -0.05) is 24.3 Å². The van der Waals surface area contributed by atoms with Crippen molar-refractivity contribution in [2.45, 2.75) is 29.6 Å². The van der Waals surface area contributed by atoms with Crippen LogP contribution in [0.15, 0.2) is 58.8 Å². The molecule has 2 unspecified atom stereocenters. The first kappa shape index (κ1) is 18.6. The Morgan fingerprint density at radius 2 is 1.86 bits per heavy atom. The molecule has 0 aliphatic carbocycles. The van der Waals surface area contributed by atoms with E-state index >= 15 is 0 Å². The molecule has 146 valence electrons. The summed E-state index contributed by atoms with van der Waals surface area (Å²) in [4.78, 5) is 2.93. The molecule has 0 fully saturated rings. The summed E-state index contributed by atoms with van der Waals surface area (Å²) in [5.41, 5.74) is 7.19. The fraction of sp³-hybridized carbons (Fsp3) is 0.222. The number of benzene rings is 1. The topological polar surface area (TPSA) is 100 Å². The number of fused-ring (bicyclic) bond motifs is 5. The first-order chi connectivity index (χ1) is 13.2. The molecule has 28 heavy (non-hydrogen) atoms. The van der Waals surface area contributed by atoms with Gasteiger partial charge in [-0.2, -0.15) is 17.5 Å². The Kier molecular flexibility index (Phi) is 4.09. The lowest BCUT2D eigenvalue weighted by Gasteiger charge is -2.35. The molecule has 3 N–H and O–H groups in total. The highest BCUT2D eigenvalue weighted by atomic mass is 32.2. The van der Waals surface area contributed by atoms with E-state index in [9.17, 15) is 21.6 Å². The van der Waals surface area contributed by atoms with Gasteiger partial charge >= 0.3 is 6.18 Å². The van der Waals surface area contributed by atoms with Crippen LogP contribution in [0.4, 0.5) is 13.2 Å². The maximum atomic E-state index is 13.3. The summed E-state index contributed by atoms with van der Waals surface area (Å²) in [5.74, 6) is 0. The largest absolute Gasteiger partial charge is 0.433 e. The quantitative estimate of drug-likeness (QED) is 0.762. The second-order valence-corrected chi connectivity index (χ2v) is 8.43. The van der Waals surface area contributed by atoms with E-state index in [-0.39, 0.29) is 11.3 Å². The molecule has 0 amide bonds. The van der Waals surface area contributed by atoms with Gasteiger partial charge in [0.2, 0.25) is 10.0 Å². The summed E-state index contributed by atoms with van der Waals surface area (Å²) >= 11 is 0. The van der Waals surface area contributed by atoms with E-state index in [1.165, 1.54) is 4.31 Å². The maximum absolute atomic E-state index is 13.3. The zero-order valence-corrected chi connectivity index (χ0v) is 15.1. The Hall–Kier alpha value is -2.72. The predicted molar refractivity (Wildman–Crippen MR) is 94.8 cm³/mol. The van der Waals surface area contributed by atoms with Crippen molar-refractivity contribution in [1.29, 1.82) is 5.41 Å². The summed E-state index contributed by atoms with van der Waals surface area (Å²) < 4.78 is 66.1. The molecule has 4 rings (SSSR count). The van der Waals surface area contributed by atoms with Crippen LogP contribution in [0.1, 0.15) is 35.3 Å². The number of halogens is 3. The second kappa shape index (κ2) is 6.14. The number of hydrogen-bond donors (Lipinski definition) is 2. The van der Waals surface area contributed by atoms with Crippen LogP contribution in [-0.2, 0) is 16.2 Å². The molecule has 2 aromatic rings. The smallest absolute Gasteiger partial charge is 0.402 e. The van der Waals surface area contributed by atoms with Crippen molar-refractivity contribution in [1.82, 2.24) is 9.29 Å². The monoisotopic (exact) mass is 408 g/mol. The Balaban J connectivity index is 1.84. The van der Waals surface area contributed by atoms with Crippen molar-refractivity contribution in [2.24, 2.45) is 5.73 Å². The SMILES string of the molecule is N=CC1=C(N)CC2c3ccccc3C1N2S(=O)(=O)c1ccc(C(F)(F)F)nc1. The van der Waals surface area contributed by atoms with Gasteiger partial charge in [0.05, 0.1) is 12.1 Å². The number of sulfonamides is 1. The Labute approximate surface area is 159 Å². The lowest BCUT2D eigenvalue weighted by Crippen LogP contribution is -2.38. The Morgan fingerprint density at radius 3 is 2.43 bits per heavy atom. The number of nitrogens with two attached hydrogens (primary N) is 1. The zero-order chi connectivity index (χ0) is 20.3. The van der Waals surface area contributed by atoms with Crippen LogP contribution in [0, 0.1) is 5.41 Å². The fourth-order valence-corrected chi connectivity index (χ4v) is 5.52. The highest BCUT2D eigenvalue weighted by molar-refractivity contribution is 7.89. The van der Waals surface area contributed by atoms with Crippen LogP contribution in [0.25, 0.3) is 0 Å². The summed E-state index contributed by atoms with van der Waals surface area (Å²) in [7, 11) is -4.18. The molecule has 2 atom stereocenters. The van der Waals surface area contributed by atoms with Gasteiger partial charge in [0.25, 0.3) is 0 Å². The summed E-state index contributed by atoms with van der Waals surface area (Å²) in [5, 5.41) is 7.70. The van der Waals surface area contributed by atoms with E-state index in [0.29, 0.717) is 23.5 Å². The van der Waals surface area contributed by atoms with Crippen molar-refractivity contribution in [2.75, 3.05) is 0 Å². The maximum Gasteiger partial charge on any atom is 0.433 e. The van der Waals surface area contributed by atoms with E-state index in [1.807, 2.05) is 0 Å².